The lowest BCUT2D eigenvalue weighted by atomic mass is 10.1. The third kappa shape index (κ3) is 4.11. The van der Waals surface area contributed by atoms with E-state index in [9.17, 15) is 14.3 Å². The molecule has 0 radical (unpaired) electrons. The molecule has 0 fully saturated rings. The molecule has 7 heteroatoms. The molecule has 0 aliphatic carbocycles. The quantitative estimate of drug-likeness (QED) is 0.854. The summed E-state index contributed by atoms with van der Waals surface area (Å²) in [5, 5.41) is 16.5. The normalized spacial score (nSPS) is 13.6. The summed E-state index contributed by atoms with van der Waals surface area (Å²) in [7, 11) is 0. The lowest BCUT2D eigenvalue weighted by Crippen LogP contribution is -2.30. The summed E-state index contributed by atoms with van der Waals surface area (Å²) in [5.74, 6) is -0.00665. The molecule has 1 heterocycles. The summed E-state index contributed by atoms with van der Waals surface area (Å²) in [5.41, 5.74) is 0.360. The maximum absolute atomic E-state index is 13.1. The molecule has 2 rings (SSSR count). The molecular weight excluding hydrogens is 289 g/mol. The van der Waals surface area contributed by atoms with Gasteiger partial charge in [0.05, 0.1) is 18.6 Å². The van der Waals surface area contributed by atoms with Crippen LogP contribution < -0.4 is 5.32 Å². The minimum atomic E-state index is -1.07. The highest BCUT2D eigenvalue weighted by atomic mass is 19.1. The zero-order valence-electron chi connectivity index (χ0n) is 12.4. The van der Waals surface area contributed by atoms with Crippen LogP contribution in [0.1, 0.15) is 49.2 Å². The van der Waals surface area contributed by atoms with E-state index in [0.29, 0.717) is 23.7 Å². The summed E-state index contributed by atoms with van der Waals surface area (Å²) in [6.45, 7) is 3.54. The Morgan fingerprint density at radius 3 is 2.86 bits per heavy atom. The van der Waals surface area contributed by atoms with Crippen molar-refractivity contribution in [1.29, 1.82) is 0 Å². The van der Waals surface area contributed by atoms with Gasteiger partial charge in [0, 0.05) is 6.92 Å². The van der Waals surface area contributed by atoms with Crippen molar-refractivity contribution < 1.29 is 18.8 Å². The maximum Gasteiger partial charge on any atom is 0.223 e. The molecule has 6 nitrogen and oxygen atoms in total. The number of carbonyl (C=O) groups is 1. The van der Waals surface area contributed by atoms with Crippen LogP contribution in [0.2, 0.25) is 0 Å². The predicted octanol–water partition coefficient (Wildman–Crippen LogP) is 2.21. The second-order valence-electron chi connectivity index (χ2n) is 4.97. The number of aliphatic hydroxyl groups excluding tert-OH is 1. The van der Waals surface area contributed by atoms with Crippen LogP contribution in [-0.2, 0) is 4.79 Å². The summed E-state index contributed by atoms with van der Waals surface area (Å²) >= 11 is 0. The number of nitrogens with one attached hydrogen (secondary N) is 1. The summed E-state index contributed by atoms with van der Waals surface area (Å²) in [4.78, 5) is 16.1. The molecule has 2 aromatic rings. The van der Waals surface area contributed by atoms with E-state index in [-0.39, 0.29) is 18.4 Å². The molecule has 0 saturated heterocycles. The minimum Gasteiger partial charge on any atom is -0.388 e. The Bertz CT molecular complexity index is 644. The van der Waals surface area contributed by atoms with E-state index in [1.54, 1.807) is 13.0 Å². The van der Waals surface area contributed by atoms with Gasteiger partial charge in [0.25, 0.3) is 0 Å². The first-order chi connectivity index (χ1) is 10.5. The Hall–Kier alpha value is -2.28. The SMILES string of the molecule is CCC(NC(=O)CC(O)c1cccc(F)c1)c1noc(C)n1. The predicted molar refractivity (Wildman–Crippen MR) is 76.2 cm³/mol. The van der Waals surface area contributed by atoms with E-state index in [0.717, 1.165) is 0 Å². The summed E-state index contributed by atoms with van der Waals surface area (Å²) < 4.78 is 18.0. The van der Waals surface area contributed by atoms with Crippen LogP contribution in [0, 0.1) is 12.7 Å². The van der Waals surface area contributed by atoms with Crippen LogP contribution >= 0.6 is 0 Å². The molecule has 22 heavy (non-hydrogen) atoms. The van der Waals surface area contributed by atoms with Crippen LogP contribution in [0.3, 0.4) is 0 Å². The van der Waals surface area contributed by atoms with Crippen LogP contribution in [-0.4, -0.2) is 21.2 Å². The van der Waals surface area contributed by atoms with Crippen molar-refractivity contribution in [3.05, 3.63) is 47.4 Å². The monoisotopic (exact) mass is 307 g/mol. The average Bonchev–Trinajstić information content (AvgIpc) is 2.91. The molecule has 0 bridgehead atoms. The van der Waals surface area contributed by atoms with Crippen molar-refractivity contribution in [3.8, 4) is 0 Å². The number of aliphatic hydroxyl groups is 1. The lowest BCUT2D eigenvalue weighted by molar-refractivity contribution is -0.124. The Morgan fingerprint density at radius 1 is 1.50 bits per heavy atom. The number of rotatable bonds is 6. The number of nitrogens with zero attached hydrogens (tertiary/aromatic N) is 2. The average molecular weight is 307 g/mol. The minimum absolute atomic E-state index is 0.170. The Morgan fingerprint density at radius 2 is 2.27 bits per heavy atom. The molecule has 0 aliphatic rings. The van der Waals surface area contributed by atoms with Crippen molar-refractivity contribution in [3.63, 3.8) is 0 Å². The molecule has 1 aromatic carbocycles. The van der Waals surface area contributed by atoms with Crippen LogP contribution in [0.25, 0.3) is 0 Å². The second kappa shape index (κ2) is 7.13. The smallest absolute Gasteiger partial charge is 0.223 e. The van der Waals surface area contributed by atoms with Gasteiger partial charge in [-0.1, -0.05) is 24.2 Å². The number of carbonyl (C=O) groups excluding carboxylic acids is 1. The number of amides is 1. The zero-order chi connectivity index (χ0) is 16.1. The molecule has 2 atom stereocenters. The van der Waals surface area contributed by atoms with Gasteiger partial charge >= 0.3 is 0 Å². The van der Waals surface area contributed by atoms with Crippen molar-refractivity contribution in [1.82, 2.24) is 15.5 Å². The second-order valence-corrected chi connectivity index (χ2v) is 4.97. The van der Waals surface area contributed by atoms with Gasteiger partial charge in [0.15, 0.2) is 5.82 Å². The van der Waals surface area contributed by atoms with E-state index in [2.05, 4.69) is 15.5 Å². The standard InChI is InChI=1S/C15H18FN3O3/c1-3-12(15-17-9(2)22-19-15)18-14(21)8-13(20)10-5-4-6-11(16)7-10/h4-7,12-13,20H,3,8H2,1-2H3,(H,18,21). The van der Waals surface area contributed by atoms with Gasteiger partial charge in [0.2, 0.25) is 11.8 Å². The number of aryl methyl sites for hydroxylation is 1. The fourth-order valence-electron chi connectivity index (χ4n) is 2.07. The van der Waals surface area contributed by atoms with E-state index >= 15 is 0 Å². The Balaban J connectivity index is 1.96. The van der Waals surface area contributed by atoms with Gasteiger partial charge in [-0.25, -0.2) is 4.39 Å². The first kappa shape index (κ1) is 16.1. The fraction of sp³-hybridized carbons (Fsp3) is 0.400. The highest BCUT2D eigenvalue weighted by Gasteiger charge is 2.20. The molecule has 0 spiro atoms. The highest BCUT2D eigenvalue weighted by Crippen LogP contribution is 2.19. The van der Waals surface area contributed by atoms with Crippen molar-refractivity contribution >= 4 is 5.91 Å². The first-order valence-corrected chi connectivity index (χ1v) is 7.02. The largest absolute Gasteiger partial charge is 0.388 e. The first-order valence-electron chi connectivity index (χ1n) is 7.02. The third-order valence-corrected chi connectivity index (χ3v) is 3.21. The van der Waals surface area contributed by atoms with Gasteiger partial charge < -0.3 is 14.9 Å². The van der Waals surface area contributed by atoms with Crippen molar-refractivity contribution in [2.75, 3.05) is 0 Å². The van der Waals surface area contributed by atoms with Gasteiger partial charge in [-0.3, -0.25) is 4.79 Å². The topological polar surface area (TPSA) is 88.2 Å². The fourth-order valence-corrected chi connectivity index (χ4v) is 2.07. The van der Waals surface area contributed by atoms with E-state index < -0.39 is 11.9 Å². The third-order valence-electron chi connectivity index (χ3n) is 3.21. The number of halogens is 1. The summed E-state index contributed by atoms with van der Waals surface area (Å²) in [6, 6.07) is 5.16. The van der Waals surface area contributed by atoms with Gasteiger partial charge in [-0.2, -0.15) is 4.98 Å². The number of hydrogen-bond acceptors (Lipinski definition) is 5. The van der Waals surface area contributed by atoms with Gasteiger partial charge in [-0.15, -0.1) is 0 Å². The Labute approximate surface area is 127 Å². The van der Waals surface area contributed by atoms with Crippen LogP contribution in [0.4, 0.5) is 4.39 Å². The lowest BCUT2D eigenvalue weighted by Gasteiger charge is -2.15. The molecular formula is C15H18FN3O3. The van der Waals surface area contributed by atoms with Crippen molar-refractivity contribution in [2.24, 2.45) is 0 Å². The number of benzene rings is 1. The zero-order valence-corrected chi connectivity index (χ0v) is 12.4. The molecule has 1 amide bonds. The highest BCUT2D eigenvalue weighted by molar-refractivity contribution is 5.77. The molecule has 2 N–H and O–H groups in total. The Kier molecular flexibility index (Phi) is 5.21. The van der Waals surface area contributed by atoms with E-state index in [4.69, 9.17) is 4.52 Å². The van der Waals surface area contributed by atoms with E-state index in [1.165, 1.54) is 18.2 Å². The van der Waals surface area contributed by atoms with Gasteiger partial charge in [-0.05, 0) is 24.1 Å². The molecule has 118 valence electrons. The van der Waals surface area contributed by atoms with Gasteiger partial charge in [0.1, 0.15) is 5.82 Å². The van der Waals surface area contributed by atoms with E-state index in [1.807, 2.05) is 6.92 Å². The molecule has 2 unspecified atom stereocenters. The van der Waals surface area contributed by atoms with Crippen LogP contribution in [0.5, 0.6) is 0 Å². The van der Waals surface area contributed by atoms with Crippen LogP contribution in [0.15, 0.2) is 28.8 Å². The summed E-state index contributed by atoms with van der Waals surface area (Å²) in [6.07, 6.45) is -0.655. The maximum atomic E-state index is 13.1. The molecule has 1 aromatic heterocycles. The molecule has 0 aliphatic heterocycles. The van der Waals surface area contributed by atoms with Crippen molar-refractivity contribution in [2.45, 2.75) is 38.8 Å². The number of aromatic nitrogens is 2. The molecule has 0 saturated carbocycles. The number of hydrogen-bond donors (Lipinski definition) is 2.